The Morgan fingerprint density at radius 3 is 2.86 bits per heavy atom. The Morgan fingerprint density at radius 1 is 1.57 bits per heavy atom. The first-order valence-corrected chi connectivity index (χ1v) is 4.54. The molecule has 0 spiro atoms. The lowest BCUT2D eigenvalue weighted by Gasteiger charge is -2.05. The van der Waals surface area contributed by atoms with Gasteiger partial charge >= 0.3 is 5.63 Å². The fourth-order valence-electron chi connectivity index (χ4n) is 1.20. The average molecular weight is 194 g/mol. The number of ether oxygens (including phenoxy) is 1. The van der Waals surface area contributed by atoms with Gasteiger partial charge < -0.3 is 9.15 Å². The van der Waals surface area contributed by atoms with Crippen molar-refractivity contribution in [1.29, 1.82) is 0 Å². The summed E-state index contributed by atoms with van der Waals surface area (Å²) in [5.41, 5.74) is 0.446. The van der Waals surface area contributed by atoms with Gasteiger partial charge in [-0.15, -0.1) is 0 Å². The number of aryl methyl sites for hydroxylation is 1. The third kappa shape index (κ3) is 2.25. The lowest BCUT2D eigenvalue weighted by molar-refractivity contribution is 0.395. The molecule has 0 saturated carbocycles. The van der Waals surface area contributed by atoms with Gasteiger partial charge in [0.2, 0.25) is 0 Å². The molecule has 3 nitrogen and oxygen atoms in total. The zero-order valence-electron chi connectivity index (χ0n) is 8.66. The molecule has 0 unspecified atom stereocenters. The summed E-state index contributed by atoms with van der Waals surface area (Å²) in [5, 5.41) is 0. The predicted molar refractivity (Wildman–Crippen MR) is 55.6 cm³/mol. The molecule has 1 heterocycles. The van der Waals surface area contributed by atoms with Crippen LogP contribution in [0.1, 0.15) is 24.7 Å². The first-order valence-electron chi connectivity index (χ1n) is 4.54. The van der Waals surface area contributed by atoms with E-state index in [1.165, 1.54) is 13.2 Å². The van der Waals surface area contributed by atoms with Gasteiger partial charge in [-0.3, -0.25) is 0 Å². The Hall–Kier alpha value is -1.51. The Balaban J connectivity index is 3.25. The van der Waals surface area contributed by atoms with Gasteiger partial charge in [0.25, 0.3) is 0 Å². The highest BCUT2D eigenvalue weighted by Crippen LogP contribution is 2.21. The van der Waals surface area contributed by atoms with E-state index in [2.05, 4.69) is 0 Å². The molecule has 0 aliphatic carbocycles. The minimum Gasteiger partial charge on any atom is -0.496 e. The van der Waals surface area contributed by atoms with Gasteiger partial charge in [0.1, 0.15) is 11.5 Å². The van der Waals surface area contributed by atoms with E-state index < -0.39 is 0 Å². The molecule has 0 aromatic carbocycles. The number of methoxy groups -OCH3 is 1. The Morgan fingerprint density at radius 2 is 2.29 bits per heavy atom. The van der Waals surface area contributed by atoms with Gasteiger partial charge in [0.05, 0.1) is 18.7 Å². The van der Waals surface area contributed by atoms with Crippen molar-refractivity contribution in [2.45, 2.75) is 20.3 Å². The smallest absolute Gasteiger partial charge is 0.339 e. The van der Waals surface area contributed by atoms with Crippen molar-refractivity contribution in [3.63, 3.8) is 0 Å². The van der Waals surface area contributed by atoms with Crippen LogP contribution in [-0.2, 0) is 0 Å². The van der Waals surface area contributed by atoms with Crippen molar-refractivity contribution in [1.82, 2.24) is 0 Å². The van der Waals surface area contributed by atoms with Crippen LogP contribution in [0.15, 0.2) is 21.4 Å². The van der Waals surface area contributed by atoms with Crippen LogP contribution in [-0.4, -0.2) is 7.11 Å². The lowest BCUT2D eigenvalue weighted by atomic mass is 10.2. The van der Waals surface area contributed by atoms with Crippen molar-refractivity contribution in [2.24, 2.45) is 0 Å². The molecule has 1 aromatic heterocycles. The molecule has 1 aromatic rings. The summed E-state index contributed by atoms with van der Waals surface area (Å²) in [6.45, 7) is 3.79. The molecule has 0 saturated heterocycles. The first kappa shape index (κ1) is 10.6. The molecule has 0 atom stereocenters. The van der Waals surface area contributed by atoms with E-state index in [0.29, 0.717) is 11.5 Å². The molecule has 0 fully saturated rings. The highest BCUT2D eigenvalue weighted by atomic mass is 16.5. The summed E-state index contributed by atoms with van der Waals surface area (Å²) < 4.78 is 10.1. The molecule has 0 radical (unpaired) electrons. The fourth-order valence-corrected chi connectivity index (χ4v) is 1.20. The topological polar surface area (TPSA) is 39.4 Å². The van der Waals surface area contributed by atoms with Gasteiger partial charge in [-0.25, -0.2) is 4.79 Å². The third-order valence-corrected chi connectivity index (χ3v) is 1.89. The molecule has 0 aliphatic heterocycles. The van der Waals surface area contributed by atoms with Crippen LogP contribution in [0.2, 0.25) is 0 Å². The van der Waals surface area contributed by atoms with Crippen molar-refractivity contribution < 1.29 is 9.15 Å². The van der Waals surface area contributed by atoms with E-state index in [4.69, 9.17) is 9.15 Å². The van der Waals surface area contributed by atoms with E-state index in [9.17, 15) is 4.79 Å². The minimum absolute atomic E-state index is 0.381. The van der Waals surface area contributed by atoms with Crippen molar-refractivity contribution in [2.75, 3.05) is 7.11 Å². The summed E-state index contributed by atoms with van der Waals surface area (Å²) in [6.07, 6.45) is 4.82. The molecule has 0 bridgehead atoms. The number of hydrogen-bond acceptors (Lipinski definition) is 3. The monoisotopic (exact) mass is 194 g/mol. The highest BCUT2D eigenvalue weighted by Gasteiger charge is 2.06. The van der Waals surface area contributed by atoms with Crippen LogP contribution < -0.4 is 10.4 Å². The number of allylic oxidation sites excluding steroid dienone is 1. The van der Waals surface area contributed by atoms with Gasteiger partial charge in [-0.05, 0) is 13.3 Å². The zero-order valence-corrected chi connectivity index (χ0v) is 8.66. The summed E-state index contributed by atoms with van der Waals surface area (Å²) in [7, 11) is 1.54. The number of hydrogen-bond donors (Lipinski definition) is 0. The van der Waals surface area contributed by atoms with Crippen LogP contribution in [0.5, 0.6) is 5.75 Å². The Labute approximate surface area is 83.0 Å². The van der Waals surface area contributed by atoms with Gasteiger partial charge in [0, 0.05) is 0 Å². The molecule has 0 amide bonds. The van der Waals surface area contributed by atoms with Gasteiger partial charge in [-0.2, -0.15) is 0 Å². The van der Waals surface area contributed by atoms with Crippen molar-refractivity contribution in [3.05, 3.63) is 33.9 Å². The molecular formula is C11H14O3. The molecule has 1 rings (SSSR count). The van der Waals surface area contributed by atoms with Crippen LogP contribution >= 0.6 is 0 Å². The summed E-state index contributed by atoms with van der Waals surface area (Å²) in [4.78, 5) is 11.0. The second-order valence-electron chi connectivity index (χ2n) is 2.91. The van der Waals surface area contributed by atoms with Crippen molar-refractivity contribution in [3.8, 4) is 5.75 Å². The standard InChI is InChI=1S/C11H14O3/c1-4-5-6-9-8(2)14-11(12)7-10(9)13-3/h5-7H,4H2,1-3H3/b6-5+. The summed E-state index contributed by atoms with van der Waals surface area (Å²) in [5.74, 6) is 1.14. The maximum absolute atomic E-state index is 11.0. The fraction of sp³-hybridized carbons (Fsp3) is 0.364. The first-order chi connectivity index (χ1) is 6.69. The Kier molecular flexibility index (Phi) is 3.51. The normalized spacial score (nSPS) is 10.8. The summed E-state index contributed by atoms with van der Waals surface area (Å²) in [6, 6.07) is 1.35. The maximum Gasteiger partial charge on any atom is 0.339 e. The third-order valence-electron chi connectivity index (χ3n) is 1.89. The van der Waals surface area contributed by atoms with Crippen LogP contribution in [0.25, 0.3) is 6.08 Å². The van der Waals surface area contributed by atoms with Crippen LogP contribution in [0.3, 0.4) is 0 Å². The SMILES string of the molecule is CC/C=C/c1c(OC)cc(=O)oc1C. The van der Waals surface area contributed by atoms with Crippen LogP contribution in [0, 0.1) is 6.92 Å². The van der Waals surface area contributed by atoms with E-state index in [1.54, 1.807) is 6.92 Å². The number of rotatable bonds is 3. The Bertz CT molecular complexity index is 388. The molecule has 76 valence electrons. The summed E-state index contributed by atoms with van der Waals surface area (Å²) >= 11 is 0. The van der Waals surface area contributed by atoms with Gasteiger partial charge in [0.15, 0.2) is 0 Å². The molecule has 14 heavy (non-hydrogen) atoms. The van der Waals surface area contributed by atoms with E-state index >= 15 is 0 Å². The maximum atomic E-state index is 11.0. The molecular weight excluding hydrogens is 180 g/mol. The van der Waals surface area contributed by atoms with Crippen molar-refractivity contribution >= 4 is 6.08 Å². The zero-order chi connectivity index (χ0) is 10.6. The molecule has 3 heteroatoms. The van der Waals surface area contributed by atoms with E-state index in [-0.39, 0.29) is 5.63 Å². The average Bonchev–Trinajstić information content (AvgIpc) is 2.15. The quantitative estimate of drug-likeness (QED) is 0.741. The largest absolute Gasteiger partial charge is 0.496 e. The molecule has 0 N–H and O–H groups in total. The minimum atomic E-state index is -0.381. The second-order valence-corrected chi connectivity index (χ2v) is 2.91. The van der Waals surface area contributed by atoms with E-state index in [0.717, 1.165) is 12.0 Å². The lowest BCUT2D eigenvalue weighted by Crippen LogP contribution is -2.02. The van der Waals surface area contributed by atoms with E-state index in [1.807, 2.05) is 19.1 Å². The highest BCUT2D eigenvalue weighted by molar-refractivity contribution is 5.58. The predicted octanol–water partition coefficient (Wildman–Crippen LogP) is 2.38. The second kappa shape index (κ2) is 4.65. The van der Waals surface area contributed by atoms with Gasteiger partial charge in [-0.1, -0.05) is 19.1 Å². The molecule has 0 aliphatic rings. The van der Waals surface area contributed by atoms with Crippen LogP contribution in [0.4, 0.5) is 0 Å².